The summed E-state index contributed by atoms with van der Waals surface area (Å²) in [6.45, 7) is 1.54. The number of ether oxygens (including phenoxy) is 1. The van der Waals surface area contributed by atoms with Gasteiger partial charge < -0.3 is 9.84 Å². The normalized spacial score (nSPS) is 10.8. The van der Waals surface area contributed by atoms with Crippen LogP contribution in [0, 0.1) is 0 Å². The average molecular weight is 354 g/mol. The minimum Gasteiger partial charge on any atom is -0.481 e. The van der Waals surface area contributed by atoms with Gasteiger partial charge in [-0.2, -0.15) is 0 Å². The molecular formula is C20H18O4S. The van der Waals surface area contributed by atoms with Gasteiger partial charge in [-0.3, -0.25) is 9.59 Å². The number of para-hydroxylation sites is 1. The Kier molecular flexibility index (Phi) is 5.14. The summed E-state index contributed by atoms with van der Waals surface area (Å²) in [5, 5.41) is 9.73. The van der Waals surface area contributed by atoms with Crippen molar-refractivity contribution >= 4 is 33.2 Å². The number of aliphatic carboxylic acids is 1. The molecule has 0 aliphatic heterocycles. The Morgan fingerprint density at radius 2 is 1.80 bits per heavy atom. The molecule has 0 aliphatic rings. The van der Waals surface area contributed by atoms with E-state index in [-0.39, 0.29) is 12.2 Å². The predicted octanol–water partition coefficient (Wildman–Crippen LogP) is 5.30. The molecule has 0 saturated heterocycles. The summed E-state index contributed by atoms with van der Waals surface area (Å²) in [7, 11) is 0. The first-order chi connectivity index (χ1) is 12.1. The highest BCUT2D eigenvalue weighted by Crippen LogP contribution is 2.41. The quantitative estimate of drug-likeness (QED) is 0.585. The Hall–Kier alpha value is -2.66. The van der Waals surface area contributed by atoms with Gasteiger partial charge in [-0.1, -0.05) is 30.3 Å². The number of hydrogen-bond donors (Lipinski definition) is 1. The van der Waals surface area contributed by atoms with Gasteiger partial charge >= 0.3 is 5.97 Å². The first-order valence-electron chi connectivity index (χ1n) is 8.06. The maximum Gasteiger partial charge on any atom is 0.303 e. The molecule has 128 valence electrons. The molecule has 3 aromatic rings. The van der Waals surface area contributed by atoms with E-state index in [0.717, 1.165) is 15.6 Å². The molecule has 1 aromatic heterocycles. The highest BCUT2D eigenvalue weighted by Gasteiger charge is 2.18. The van der Waals surface area contributed by atoms with E-state index in [9.17, 15) is 9.59 Å². The maximum atomic E-state index is 12.0. The molecule has 0 spiro atoms. The number of benzene rings is 2. The average Bonchev–Trinajstić information content (AvgIpc) is 2.95. The third-order valence-corrected chi connectivity index (χ3v) is 5.14. The predicted molar refractivity (Wildman–Crippen MR) is 98.9 cm³/mol. The second kappa shape index (κ2) is 7.49. The lowest BCUT2D eigenvalue weighted by Gasteiger charge is -2.11. The first kappa shape index (κ1) is 17.2. The van der Waals surface area contributed by atoms with E-state index in [1.165, 1.54) is 18.3 Å². The second-order valence-corrected chi connectivity index (χ2v) is 6.82. The molecule has 0 unspecified atom stereocenters. The maximum absolute atomic E-state index is 12.0. The summed E-state index contributed by atoms with van der Waals surface area (Å²) in [4.78, 5) is 23.4. The van der Waals surface area contributed by atoms with Crippen molar-refractivity contribution in [3.8, 4) is 11.5 Å². The summed E-state index contributed by atoms with van der Waals surface area (Å²) in [6, 6.07) is 15.3. The Balaban J connectivity index is 1.95. The zero-order valence-corrected chi connectivity index (χ0v) is 14.6. The number of carbonyl (C=O) groups is 2. The molecule has 0 amide bonds. The van der Waals surface area contributed by atoms with Crippen molar-refractivity contribution in [2.75, 3.05) is 0 Å². The second-order valence-electron chi connectivity index (χ2n) is 5.77. The first-order valence-corrected chi connectivity index (χ1v) is 8.88. The molecule has 0 atom stereocenters. The van der Waals surface area contributed by atoms with E-state index in [0.29, 0.717) is 29.2 Å². The number of hydrogen-bond acceptors (Lipinski definition) is 4. The van der Waals surface area contributed by atoms with Gasteiger partial charge in [0.2, 0.25) is 0 Å². The number of aryl methyl sites for hydroxylation is 1. The zero-order chi connectivity index (χ0) is 17.8. The monoisotopic (exact) mass is 354 g/mol. The summed E-state index contributed by atoms with van der Waals surface area (Å²) in [5.74, 6) is 0.415. The molecule has 0 radical (unpaired) electrons. The van der Waals surface area contributed by atoms with Crippen LogP contribution < -0.4 is 4.74 Å². The summed E-state index contributed by atoms with van der Waals surface area (Å²) in [5.41, 5.74) is 0.938. The molecule has 0 fully saturated rings. The van der Waals surface area contributed by atoms with Crippen LogP contribution >= 0.6 is 11.3 Å². The van der Waals surface area contributed by atoms with Crippen LogP contribution in [0.25, 0.3) is 10.1 Å². The number of fused-ring (bicyclic) bond motifs is 1. The standard InChI is InChI=1S/C20H18O4S/c1-13(21)20-19(15-9-3-5-11-17(15)25-20)24-16-10-4-2-7-14(16)8-6-12-18(22)23/h2-5,7,9-11H,6,8,12H2,1H3,(H,22,23). The molecule has 4 nitrogen and oxygen atoms in total. The van der Waals surface area contributed by atoms with Gasteiger partial charge in [-0.05, 0) is 36.6 Å². The van der Waals surface area contributed by atoms with Crippen LogP contribution in [0.5, 0.6) is 11.5 Å². The summed E-state index contributed by atoms with van der Waals surface area (Å²) in [6.07, 6.45) is 1.27. The van der Waals surface area contributed by atoms with Crippen LogP contribution in [-0.4, -0.2) is 16.9 Å². The molecule has 1 heterocycles. The number of carboxylic acid groups (broad SMARTS) is 1. The molecule has 0 bridgehead atoms. The molecular weight excluding hydrogens is 336 g/mol. The van der Waals surface area contributed by atoms with Crippen LogP contribution in [0.4, 0.5) is 0 Å². The van der Waals surface area contributed by atoms with Crippen LogP contribution in [0.15, 0.2) is 48.5 Å². The Labute approximate surface area is 149 Å². The van der Waals surface area contributed by atoms with Crippen LogP contribution in [-0.2, 0) is 11.2 Å². The molecule has 5 heteroatoms. The number of carboxylic acids is 1. The highest BCUT2D eigenvalue weighted by molar-refractivity contribution is 7.21. The molecule has 0 saturated carbocycles. The Bertz CT molecular complexity index is 926. The fourth-order valence-electron chi connectivity index (χ4n) is 2.70. The highest BCUT2D eigenvalue weighted by atomic mass is 32.1. The van der Waals surface area contributed by atoms with Gasteiger partial charge in [0.15, 0.2) is 11.5 Å². The van der Waals surface area contributed by atoms with Crippen molar-refractivity contribution < 1.29 is 19.4 Å². The minimum absolute atomic E-state index is 0.0282. The van der Waals surface area contributed by atoms with Crippen LogP contribution in [0.3, 0.4) is 0 Å². The Morgan fingerprint density at radius 1 is 1.08 bits per heavy atom. The fraction of sp³-hybridized carbons (Fsp3) is 0.200. The largest absolute Gasteiger partial charge is 0.481 e. The van der Waals surface area contributed by atoms with Gasteiger partial charge in [0.05, 0.1) is 0 Å². The van der Waals surface area contributed by atoms with E-state index >= 15 is 0 Å². The summed E-state index contributed by atoms with van der Waals surface area (Å²) < 4.78 is 7.16. The third-order valence-electron chi connectivity index (χ3n) is 3.89. The van der Waals surface area contributed by atoms with Crippen molar-refractivity contribution in [1.82, 2.24) is 0 Å². The molecule has 1 N–H and O–H groups in total. The lowest BCUT2D eigenvalue weighted by molar-refractivity contribution is -0.137. The van der Waals surface area contributed by atoms with E-state index in [4.69, 9.17) is 9.84 Å². The van der Waals surface area contributed by atoms with Crippen molar-refractivity contribution in [3.05, 3.63) is 59.0 Å². The van der Waals surface area contributed by atoms with Crippen molar-refractivity contribution in [3.63, 3.8) is 0 Å². The van der Waals surface area contributed by atoms with Crippen LogP contribution in [0.1, 0.15) is 35.0 Å². The van der Waals surface area contributed by atoms with E-state index in [2.05, 4.69) is 0 Å². The number of Topliss-reactive ketones (excluding diaryl/α,β-unsaturated/α-hetero) is 1. The van der Waals surface area contributed by atoms with Gasteiger partial charge in [0, 0.05) is 23.4 Å². The lowest BCUT2D eigenvalue weighted by Crippen LogP contribution is -1.98. The van der Waals surface area contributed by atoms with Gasteiger partial charge in [0.25, 0.3) is 0 Å². The number of rotatable bonds is 7. The summed E-state index contributed by atoms with van der Waals surface area (Å²) >= 11 is 1.43. The van der Waals surface area contributed by atoms with Crippen LogP contribution in [0.2, 0.25) is 0 Å². The Morgan fingerprint density at radius 3 is 2.56 bits per heavy atom. The SMILES string of the molecule is CC(=O)c1sc2ccccc2c1Oc1ccccc1CCCC(=O)O. The number of thiophene rings is 1. The van der Waals surface area contributed by atoms with Crippen molar-refractivity contribution in [2.45, 2.75) is 26.2 Å². The topological polar surface area (TPSA) is 63.6 Å². The molecule has 0 aliphatic carbocycles. The molecule has 25 heavy (non-hydrogen) atoms. The van der Waals surface area contributed by atoms with E-state index in [1.807, 2.05) is 48.5 Å². The number of ketones is 1. The molecule has 2 aromatic carbocycles. The third kappa shape index (κ3) is 3.88. The minimum atomic E-state index is -0.805. The van der Waals surface area contributed by atoms with E-state index < -0.39 is 5.97 Å². The fourth-order valence-corrected chi connectivity index (χ4v) is 3.73. The molecule has 3 rings (SSSR count). The number of carbonyl (C=O) groups excluding carboxylic acids is 1. The van der Waals surface area contributed by atoms with Gasteiger partial charge in [-0.25, -0.2) is 0 Å². The van der Waals surface area contributed by atoms with E-state index in [1.54, 1.807) is 0 Å². The van der Waals surface area contributed by atoms with Gasteiger partial charge in [0.1, 0.15) is 10.6 Å². The lowest BCUT2D eigenvalue weighted by atomic mass is 10.1. The zero-order valence-electron chi connectivity index (χ0n) is 13.8. The smallest absolute Gasteiger partial charge is 0.303 e. The van der Waals surface area contributed by atoms with Gasteiger partial charge in [-0.15, -0.1) is 11.3 Å². The van der Waals surface area contributed by atoms with Crippen molar-refractivity contribution in [2.24, 2.45) is 0 Å². The van der Waals surface area contributed by atoms with Crippen molar-refractivity contribution in [1.29, 1.82) is 0 Å².